The fourth-order valence-electron chi connectivity index (χ4n) is 1.99. The molecule has 0 amide bonds. The van der Waals surface area contributed by atoms with Gasteiger partial charge >= 0.3 is 0 Å². The molecule has 0 atom stereocenters. The quantitative estimate of drug-likeness (QED) is 0.826. The molecule has 0 unspecified atom stereocenters. The second-order valence-corrected chi connectivity index (χ2v) is 4.48. The van der Waals surface area contributed by atoms with Crippen molar-refractivity contribution in [2.24, 2.45) is 0 Å². The zero-order valence-electron chi connectivity index (χ0n) is 11.7. The maximum Gasteiger partial charge on any atom is 0.226 e. The van der Waals surface area contributed by atoms with Crippen LogP contribution in [0.15, 0.2) is 6.07 Å². The van der Waals surface area contributed by atoms with Crippen molar-refractivity contribution in [2.75, 3.05) is 51.3 Å². The second-order valence-electron chi connectivity index (χ2n) is 4.48. The summed E-state index contributed by atoms with van der Waals surface area (Å²) in [5, 5.41) is 3.25. The van der Waals surface area contributed by atoms with Crippen LogP contribution in [0.4, 0.5) is 5.95 Å². The molecule has 1 aliphatic rings. The topological polar surface area (TPSA) is 59.5 Å². The van der Waals surface area contributed by atoms with Crippen molar-refractivity contribution in [2.45, 2.75) is 13.8 Å². The van der Waals surface area contributed by atoms with Crippen LogP contribution in [0.25, 0.3) is 0 Å². The minimum absolute atomic E-state index is 0.615. The summed E-state index contributed by atoms with van der Waals surface area (Å²) >= 11 is 0. The molecule has 6 heteroatoms. The van der Waals surface area contributed by atoms with Crippen molar-refractivity contribution in [3.8, 4) is 5.88 Å². The Morgan fingerprint density at radius 1 is 1.37 bits per heavy atom. The molecule has 1 fully saturated rings. The molecule has 2 heterocycles. The fourth-order valence-corrected chi connectivity index (χ4v) is 1.99. The average Bonchev–Trinajstić information content (AvgIpc) is 2.40. The largest absolute Gasteiger partial charge is 0.478 e. The number of anilines is 1. The summed E-state index contributed by atoms with van der Waals surface area (Å²) in [6.45, 7) is 9.97. The Morgan fingerprint density at radius 3 is 2.89 bits per heavy atom. The Kier molecular flexibility index (Phi) is 5.35. The van der Waals surface area contributed by atoms with E-state index in [2.05, 4.69) is 20.2 Å². The summed E-state index contributed by atoms with van der Waals surface area (Å²) in [7, 11) is 0. The molecule has 1 aliphatic heterocycles. The van der Waals surface area contributed by atoms with E-state index in [1.165, 1.54) is 0 Å². The lowest BCUT2D eigenvalue weighted by molar-refractivity contribution is 0.0398. The van der Waals surface area contributed by atoms with Gasteiger partial charge in [-0.15, -0.1) is 0 Å². The number of nitrogens with one attached hydrogen (secondary N) is 1. The van der Waals surface area contributed by atoms with Gasteiger partial charge in [-0.1, -0.05) is 0 Å². The van der Waals surface area contributed by atoms with E-state index in [9.17, 15) is 0 Å². The summed E-state index contributed by atoms with van der Waals surface area (Å²) in [5.74, 6) is 1.26. The highest BCUT2D eigenvalue weighted by molar-refractivity contribution is 5.30. The van der Waals surface area contributed by atoms with Gasteiger partial charge in [0, 0.05) is 37.9 Å². The molecule has 0 spiro atoms. The summed E-state index contributed by atoms with van der Waals surface area (Å²) in [6.07, 6.45) is 0. The first-order chi connectivity index (χ1) is 9.28. The predicted molar refractivity (Wildman–Crippen MR) is 73.7 cm³/mol. The van der Waals surface area contributed by atoms with Crippen LogP contribution in [-0.2, 0) is 4.74 Å². The Labute approximate surface area is 114 Å². The molecule has 0 aliphatic carbocycles. The van der Waals surface area contributed by atoms with Crippen LogP contribution < -0.4 is 10.1 Å². The van der Waals surface area contributed by atoms with Gasteiger partial charge < -0.3 is 14.8 Å². The van der Waals surface area contributed by atoms with E-state index in [0.717, 1.165) is 45.1 Å². The van der Waals surface area contributed by atoms with E-state index in [0.29, 0.717) is 18.4 Å². The number of nitrogens with zero attached hydrogens (tertiary/aromatic N) is 3. The summed E-state index contributed by atoms with van der Waals surface area (Å²) < 4.78 is 10.7. The van der Waals surface area contributed by atoms with Gasteiger partial charge in [-0.3, -0.25) is 4.90 Å². The van der Waals surface area contributed by atoms with E-state index in [4.69, 9.17) is 9.47 Å². The van der Waals surface area contributed by atoms with Gasteiger partial charge in [0.15, 0.2) is 0 Å². The number of aromatic nitrogens is 2. The lowest BCUT2D eigenvalue weighted by Crippen LogP contribution is -2.39. The predicted octanol–water partition coefficient (Wildman–Crippen LogP) is 0.928. The highest BCUT2D eigenvalue weighted by atomic mass is 16.5. The second kappa shape index (κ2) is 7.25. The van der Waals surface area contributed by atoms with Crippen LogP contribution in [0.1, 0.15) is 12.6 Å². The Balaban J connectivity index is 1.81. The van der Waals surface area contributed by atoms with Gasteiger partial charge in [-0.05, 0) is 13.8 Å². The van der Waals surface area contributed by atoms with Crippen LogP contribution in [0.5, 0.6) is 5.88 Å². The van der Waals surface area contributed by atoms with Crippen molar-refractivity contribution in [3.63, 3.8) is 0 Å². The summed E-state index contributed by atoms with van der Waals surface area (Å²) in [4.78, 5) is 11.0. The van der Waals surface area contributed by atoms with Crippen LogP contribution in [0.3, 0.4) is 0 Å². The lowest BCUT2D eigenvalue weighted by atomic mass is 10.4. The molecule has 0 radical (unpaired) electrons. The molecular formula is C13H22N4O2. The number of morpholine rings is 1. The molecule has 1 aromatic heterocycles. The Hall–Kier alpha value is -1.40. The van der Waals surface area contributed by atoms with Crippen LogP contribution in [-0.4, -0.2) is 60.9 Å². The maximum absolute atomic E-state index is 5.41. The standard InChI is InChI=1S/C13H22N4O2/c1-3-19-12-10-11(2)15-13(16-12)14-4-5-17-6-8-18-9-7-17/h10H,3-9H2,1-2H3,(H,14,15,16). The number of aryl methyl sites for hydroxylation is 1. The van der Waals surface area contributed by atoms with Crippen molar-refractivity contribution in [3.05, 3.63) is 11.8 Å². The smallest absolute Gasteiger partial charge is 0.226 e. The van der Waals surface area contributed by atoms with Crippen LogP contribution >= 0.6 is 0 Å². The maximum atomic E-state index is 5.41. The summed E-state index contributed by atoms with van der Waals surface area (Å²) in [6, 6.07) is 1.84. The molecule has 1 N–H and O–H groups in total. The lowest BCUT2D eigenvalue weighted by Gasteiger charge is -2.26. The van der Waals surface area contributed by atoms with Crippen LogP contribution in [0.2, 0.25) is 0 Å². The SMILES string of the molecule is CCOc1cc(C)nc(NCCN2CCOCC2)n1. The van der Waals surface area contributed by atoms with Crippen molar-refractivity contribution in [1.82, 2.24) is 14.9 Å². The van der Waals surface area contributed by atoms with E-state index in [1.54, 1.807) is 0 Å². The number of hydrogen-bond donors (Lipinski definition) is 1. The third kappa shape index (κ3) is 4.65. The van der Waals surface area contributed by atoms with Gasteiger partial charge in [-0.25, -0.2) is 4.98 Å². The zero-order chi connectivity index (χ0) is 13.5. The third-order valence-electron chi connectivity index (χ3n) is 2.94. The molecule has 0 saturated carbocycles. The fraction of sp³-hybridized carbons (Fsp3) is 0.692. The first-order valence-electron chi connectivity index (χ1n) is 6.80. The molecule has 0 aromatic carbocycles. The average molecular weight is 266 g/mol. The van der Waals surface area contributed by atoms with Crippen molar-refractivity contribution < 1.29 is 9.47 Å². The van der Waals surface area contributed by atoms with Gasteiger partial charge in [-0.2, -0.15) is 4.98 Å². The van der Waals surface area contributed by atoms with Gasteiger partial charge in [0.1, 0.15) is 0 Å². The van der Waals surface area contributed by atoms with Gasteiger partial charge in [0.2, 0.25) is 11.8 Å². The van der Waals surface area contributed by atoms with Crippen LogP contribution in [0, 0.1) is 6.92 Å². The Morgan fingerprint density at radius 2 is 2.16 bits per heavy atom. The molecular weight excluding hydrogens is 244 g/mol. The molecule has 0 bridgehead atoms. The summed E-state index contributed by atoms with van der Waals surface area (Å²) in [5.41, 5.74) is 0.910. The minimum Gasteiger partial charge on any atom is -0.478 e. The Bertz CT molecular complexity index is 394. The van der Waals surface area contributed by atoms with Crippen molar-refractivity contribution >= 4 is 5.95 Å². The molecule has 1 aromatic rings. The van der Waals surface area contributed by atoms with Gasteiger partial charge in [0.25, 0.3) is 0 Å². The van der Waals surface area contributed by atoms with Crippen molar-refractivity contribution in [1.29, 1.82) is 0 Å². The zero-order valence-corrected chi connectivity index (χ0v) is 11.7. The highest BCUT2D eigenvalue weighted by Gasteiger charge is 2.09. The molecule has 19 heavy (non-hydrogen) atoms. The van der Waals surface area contributed by atoms with E-state index >= 15 is 0 Å². The van der Waals surface area contributed by atoms with Gasteiger partial charge in [0.05, 0.1) is 19.8 Å². The minimum atomic E-state index is 0.615. The monoisotopic (exact) mass is 266 g/mol. The van der Waals surface area contributed by atoms with E-state index in [1.807, 2.05) is 19.9 Å². The normalized spacial score (nSPS) is 16.3. The number of hydrogen-bond acceptors (Lipinski definition) is 6. The molecule has 2 rings (SSSR count). The first kappa shape index (κ1) is 14.0. The molecule has 6 nitrogen and oxygen atoms in total. The first-order valence-corrected chi connectivity index (χ1v) is 6.80. The van der Waals surface area contributed by atoms with E-state index < -0.39 is 0 Å². The number of ether oxygens (including phenoxy) is 2. The molecule has 1 saturated heterocycles. The highest BCUT2D eigenvalue weighted by Crippen LogP contribution is 2.11. The van der Waals surface area contributed by atoms with E-state index in [-0.39, 0.29) is 0 Å². The third-order valence-corrected chi connectivity index (χ3v) is 2.94. The molecule has 106 valence electrons. The number of rotatable bonds is 6.